The van der Waals surface area contributed by atoms with Crippen LogP contribution < -0.4 is 5.32 Å². The molecule has 1 N–H and O–H groups in total. The van der Waals surface area contributed by atoms with Gasteiger partial charge in [0.15, 0.2) is 5.54 Å². The highest BCUT2D eigenvalue weighted by Gasteiger charge is 2.53. The predicted octanol–water partition coefficient (Wildman–Crippen LogP) is 5.87. The molecule has 0 spiro atoms. The number of benzene rings is 3. The Labute approximate surface area is 172 Å². The number of nitroso groups, excluding NO2 is 1. The average molecular weight is 386 g/mol. The Morgan fingerprint density at radius 2 is 1.28 bits per heavy atom. The molecule has 2 atom stereocenters. The molecule has 0 heterocycles. The summed E-state index contributed by atoms with van der Waals surface area (Å²) in [6.07, 6.45) is 0. The van der Waals surface area contributed by atoms with Crippen molar-refractivity contribution in [2.75, 3.05) is 0 Å². The number of amides is 1. The van der Waals surface area contributed by atoms with Gasteiger partial charge in [0, 0.05) is 5.56 Å². The van der Waals surface area contributed by atoms with Crippen molar-refractivity contribution in [3.05, 3.63) is 113 Å². The molecule has 0 fully saturated rings. The summed E-state index contributed by atoms with van der Waals surface area (Å²) >= 11 is 0. The second kappa shape index (κ2) is 8.39. The first kappa shape index (κ1) is 20.5. The van der Waals surface area contributed by atoms with Gasteiger partial charge in [-0.2, -0.15) is 0 Å². The number of nitrogens with one attached hydrogen (secondary N) is 1. The van der Waals surface area contributed by atoms with Crippen LogP contribution in [0.2, 0.25) is 0 Å². The summed E-state index contributed by atoms with van der Waals surface area (Å²) in [4.78, 5) is 25.7. The maximum atomic E-state index is 13.1. The van der Waals surface area contributed by atoms with E-state index in [4.69, 9.17) is 0 Å². The molecule has 0 radical (unpaired) electrons. The number of hydrogen-bond donors (Lipinski definition) is 1. The summed E-state index contributed by atoms with van der Waals surface area (Å²) in [7, 11) is 0. The van der Waals surface area contributed by atoms with Crippen molar-refractivity contribution in [1.29, 1.82) is 0 Å². The van der Waals surface area contributed by atoms with Gasteiger partial charge in [0.25, 0.3) is 5.91 Å². The topological polar surface area (TPSA) is 58.5 Å². The van der Waals surface area contributed by atoms with Gasteiger partial charge in [-0.1, -0.05) is 105 Å². The molecule has 3 aromatic rings. The third kappa shape index (κ3) is 3.97. The van der Waals surface area contributed by atoms with E-state index >= 15 is 0 Å². The monoisotopic (exact) mass is 386 g/mol. The first-order valence-electron chi connectivity index (χ1n) is 9.71. The fraction of sp³-hybridized carbons (Fsp3) is 0.240. The molecule has 29 heavy (non-hydrogen) atoms. The molecule has 0 saturated heterocycles. The van der Waals surface area contributed by atoms with Gasteiger partial charge in [-0.3, -0.25) is 4.79 Å². The Morgan fingerprint density at radius 1 is 0.793 bits per heavy atom. The van der Waals surface area contributed by atoms with Crippen LogP contribution in [0.25, 0.3) is 0 Å². The maximum Gasteiger partial charge on any atom is 0.251 e. The Balaban J connectivity index is 2.19. The Kier molecular flexibility index (Phi) is 5.92. The quantitative estimate of drug-likeness (QED) is 0.539. The van der Waals surface area contributed by atoms with E-state index in [0.717, 1.165) is 11.1 Å². The van der Waals surface area contributed by atoms with E-state index in [1.54, 1.807) is 12.1 Å². The molecular weight excluding hydrogens is 360 g/mol. The highest BCUT2D eigenvalue weighted by molar-refractivity contribution is 5.94. The highest BCUT2D eigenvalue weighted by Crippen LogP contribution is 2.51. The molecular formula is C25H26N2O2. The van der Waals surface area contributed by atoms with E-state index in [9.17, 15) is 9.70 Å². The van der Waals surface area contributed by atoms with Gasteiger partial charge in [0.2, 0.25) is 0 Å². The molecule has 1 amide bonds. The van der Waals surface area contributed by atoms with E-state index in [2.05, 4.69) is 10.5 Å². The zero-order valence-corrected chi connectivity index (χ0v) is 17.0. The van der Waals surface area contributed by atoms with Gasteiger partial charge in [0.05, 0.1) is 6.04 Å². The lowest BCUT2D eigenvalue weighted by atomic mass is 9.64. The third-order valence-corrected chi connectivity index (χ3v) is 5.36. The van der Waals surface area contributed by atoms with Crippen LogP contribution in [-0.4, -0.2) is 5.91 Å². The maximum absolute atomic E-state index is 13.1. The van der Waals surface area contributed by atoms with Crippen molar-refractivity contribution < 1.29 is 4.79 Å². The molecule has 4 nitrogen and oxygen atoms in total. The van der Waals surface area contributed by atoms with Gasteiger partial charge < -0.3 is 5.32 Å². The van der Waals surface area contributed by atoms with Crippen LogP contribution in [0.1, 0.15) is 48.3 Å². The van der Waals surface area contributed by atoms with Crippen LogP contribution in [0.15, 0.2) is 96.2 Å². The minimum atomic E-state index is -1.21. The molecule has 0 aliphatic rings. The lowest BCUT2D eigenvalue weighted by Gasteiger charge is -2.45. The van der Waals surface area contributed by atoms with Gasteiger partial charge in [0.1, 0.15) is 0 Å². The zero-order chi connectivity index (χ0) is 20.9. The van der Waals surface area contributed by atoms with Crippen molar-refractivity contribution in [2.24, 2.45) is 10.6 Å². The van der Waals surface area contributed by atoms with Crippen LogP contribution in [0, 0.1) is 10.3 Å². The largest absolute Gasteiger partial charge is 0.342 e. The fourth-order valence-electron chi connectivity index (χ4n) is 3.85. The smallest absolute Gasteiger partial charge is 0.251 e. The molecule has 3 rings (SSSR count). The lowest BCUT2D eigenvalue weighted by Crippen LogP contribution is -2.50. The van der Waals surface area contributed by atoms with Gasteiger partial charge in [-0.15, -0.1) is 4.91 Å². The van der Waals surface area contributed by atoms with E-state index in [1.165, 1.54) is 0 Å². The first-order valence-corrected chi connectivity index (χ1v) is 9.71. The fourth-order valence-corrected chi connectivity index (χ4v) is 3.85. The normalized spacial score (nSPS) is 14.4. The third-order valence-electron chi connectivity index (χ3n) is 5.36. The standard InChI is InChI=1S/C25H26N2O2/c1-24(2,3)25(27-29,21-17-11-6-12-18-21)22(19-13-7-4-8-14-19)26-23(28)20-15-9-5-10-16-20/h4-18,22H,1-3H3,(H,26,28)/t22-,25-/m1/s1. The zero-order valence-electron chi connectivity index (χ0n) is 17.0. The molecule has 0 aromatic heterocycles. The van der Waals surface area contributed by atoms with Crippen LogP contribution in [0.3, 0.4) is 0 Å². The summed E-state index contributed by atoms with van der Waals surface area (Å²) in [5.41, 5.74) is 0.357. The van der Waals surface area contributed by atoms with Crippen LogP contribution in [0.5, 0.6) is 0 Å². The summed E-state index contributed by atoms with van der Waals surface area (Å²) in [6, 6.07) is 27.4. The van der Waals surface area contributed by atoms with Crippen molar-refractivity contribution >= 4 is 5.91 Å². The summed E-state index contributed by atoms with van der Waals surface area (Å²) in [5.74, 6) is -0.243. The minimum absolute atomic E-state index is 0.243. The summed E-state index contributed by atoms with van der Waals surface area (Å²) < 4.78 is 0. The average Bonchev–Trinajstić information content (AvgIpc) is 2.75. The van der Waals surface area contributed by atoms with Crippen molar-refractivity contribution in [2.45, 2.75) is 32.4 Å². The molecule has 0 bridgehead atoms. The van der Waals surface area contributed by atoms with Gasteiger partial charge >= 0.3 is 0 Å². The van der Waals surface area contributed by atoms with Crippen LogP contribution >= 0.6 is 0 Å². The second-order valence-electron chi connectivity index (χ2n) is 8.16. The van der Waals surface area contributed by atoms with E-state index in [0.29, 0.717) is 5.56 Å². The van der Waals surface area contributed by atoms with E-state index < -0.39 is 17.0 Å². The van der Waals surface area contributed by atoms with Gasteiger partial charge in [-0.25, -0.2) is 0 Å². The van der Waals surface area contributed by atoms with Gasteiger partial charge in [-0.05, 0) is 28.7 Å². The van der Waals surface area contributed by atoms with Crippen molar-refractivity contribution in [1.82, 2.24) is 5.32 Å². The van der Waals surface area contributed by atoms with Crippen molar-refractivity contribution in [3.63, 3.8) is 0 Å². The molecule has 0 saturated carbocycles. The number of rotatable bonds is 6. The van der Waals surface area contributed by atoms with Crippen molar-refractivity contribution in [3.8, 4) is 0 Å². The number of nitrogens with zero attached hydrogens (tertiary/aromatic N) is 1. The van der Waals surface area contributed by atoms with E-state index in [-0.39, 0.29) is 5.91 Å². The number of carbonyl (C=O) groups is 1. The van der Waals surface area contributed by atoms with E-state index in [1.807, 2.05) is 99.6 Å². The molecule has 0 aliphatic heterocycles. The summed E-state index contributed by atoms with van der Waals surface area (Å²) in [6.45, 7) is 5.93. The Bertz CT molecular complexity index is 950. The lowest BCUT2D eigenvalue weighted by molar-refractivity contribution is 0.0830. The Hall–Kier alpha value is -3.27. The molecule has 0 unspecified atom stereocenters. The molecule has 148 valence electrons. The summed E-state index contributed by atoms with van der Waals surface area (Å²) in [5, 5.41) is 6.83. The first-order chi connectivity index (χ1) is 13.9. The minimum Gasteiger partial charge on any atom is -0.342 e. The second-order valence-corrected chi connectivity index (χ2v) is 8.16. The molecule has 0 aliphatic carbocycles. The molecule has 4 heteroatoms. The number of carbonyl (C=O) groups excluding carboxylic acids is 1. The highest BCUT2D eigenvalue weighted by atomic mass is 16.3. The number of hydrogen-bond acceptors (Lipinski definition) is 3. The predicted molar refractivity (Wildman–Crippen MR) is 116 cm³/mol. The Morgan fingerprint density at radius 3 is 1.76 bits per heavy atom. The van der Waals surface area contributed by atoms with Crippen LogP contribution in [-0.2, 0) is 5.54 Å². The SMILES string of the molecule is CC(C)(C)[C@@](N=O)(c1ccccc1)[C@H](NC(=O)c1ccccc1)c1ccccc1. The molecule has 3 aromatic carbocycles. The van der Waals surface area contributed by atoms with Crippen LogP contribution in [0.4, 0.5) is 0 Å².